The summed E-state index contributed by atoms with van der Waals surface area (Å²) in [4.78, 5) is 12.9. The fourth-order valence-electron chi connectivity index (χ4n) is 4.60. The van der Waals surface area contributed by atoms with Gasteiger partial charge in [0.05, 0.1) is 5.56 Å². The van der Waals surface area contributed by atoms with E-state index in [1.54, 1.807) is 0 Å². The van der Waals surface area contributed by atoms with Crippen LogP contribution in [0.5, 0.6) is 0 Å². The second-order valence-corrected chi connectivity index (χ2v) is 7.74. The summed E-state index contributed by atoms with van der Waals surface area (Å²) in [6.45, 7) is 6.20. The van der Waals surface area contributed by atoms with Gasteiger partial charge in [-0.25, -0.2) is 0 Å². The summed E-state index contributed by atoms with van der Waals surface area (Å²) in [5.74, 6) is 0.0679. The molecule has 2 saturated heterocycles. The lowest BCUT2D eigenvalue weighted by atomic mass is 9.99. The van der Waals surface area contributed by atoms with E-state index in [-0.39, 0.29) is 18.3 Å². The molecule has 5 heteroatoms. The van der Waals surface area contributed by atoms with Crippen LogP contribution in [-0.4, -0.2) is 28.6 Å². The zero-order valence-corrected chi connectivity index (χ0v) is 16.5. The maximum Gasteiger partial charge on any atom is 0.253 e. The number of nitrogens with one attached hydrogen (secondary N) is 2. The quantitative estimate of drug-likeness (QED) is 0.858. The highest BCUT2D eigenvalue weighted by molar-refractivity contribution is 5.96. The van der Waals surface area contributed by atoms with Gasteiger partial charge in [0.2, 0.25) is 0 Å². The Morgan fingerprint density at radius 3 is 2.46 bits per heavy atom. The van der Waals surface area contributed by atoms with Crippen LogP contribution in [0.15, 0.2) is 30.3 Å². The van der Waals surface area contributed by atoms with Crippen LogP contribution in [0.4, 0.5) is 0 Å². The molecule has 2 bridgehead atoms. The zero-order chi connectivity index (χ0) is 17.6. The van der Waals surface area contributed by atoms with Crippen molar-refractivity contribution in [1.82, 2.24) is 15.2 Å². The molecular weight excluding hydrogens is 346 g/mol. The Balaban J connectivity index is 0.00000196. The first-order chi connectivity index (χ1) is 12.0. The number of carbonyl (C=O) groups is 1. The summed E-state index contributed by atoms with van der Waals surface area (Å²) >= 11 is 0. The molecule has 1 amide bonds. The first-order valence-corrected chi connectivity index (χ1v) is 9.34. The number of benzene rings is 1. The maximum atomic E-state index is 12.9. The molecular formula is C21H28ClN3O. The van der Waals surface area contributed by atoms with Crippen molar-refractivity contribution in [2.75, 3.05) is 0 Å². The van der Waals surface area contributed by atoms with Crippen LogP contribution >= 0.6 is 12.4 Å². The molecule has 4 rings (SSSR count). The van der Waals surface area contributed by atoms with Crippen molar-refractivity contribution in [3.8, 4) is 5.69 Å². The molecule has 0 spiro atoms. The van der Waals surface area contributed by atoms with Gasteiger partial charge in [-0.2, -0.15) is 0 Å². The molecule has 2 fully saturated rings. The third-order valence-corrected chi connectivity index (χ3v) is 5.74. The van der Waals surface area contributed by atoms with E-state index in [0.717, 1.165) is 35.5 Å². The van der Waals surface area contributed by atoms with E-state index in [0.29, 0.717) is 18.1 Å². The fourth-order valence-corrected chi connectivity index (χ4v) is 4.60. The third kappa shape index (κ3) is 3.53. The van der Waals surface area contributed by atoms with E-state index in [9.17, 15) is 4.79 Å². The number of fused-ring (bicyclic) bond motifs is 2. The fraction of sp³-hybridized carbons (Fsp3) is 0.476. The summed E-state index contributed by atoms with van der Waals surface area (Å²) in [6, 6.07) is 11.9. The largest absolute Gasteiger partial charge is 0.349 e. The van der Waals surface area contributed by atoms with E-state index < -0.39 is 0 Å². The summed E-state index contributed by atoms with van der Waals surface area (Å²) in [6.07, 6.45) is 4.61. The molecule has 2 aliphatic heterocycles. The molecule has 1 aromatic heterocycles. The second-order valence-electron chi connectivity index (χ2n) is 7.74. The molecule has 4 nitrogen and oxygen atoms in total. The molecule has 2 aliphatic rings. The Hall–Kier alpha value is -1.78. The van der Waals surface area contributed by atoms with Gasteiger partial charge in [0.25, 0.3) is 5.91 Å². The number of hydrogen-bond acceptors (Lipinski definition) is 2. The Kier molecular flexibility index (Phi) is 5.44. The Bertz CT molecular complexity index is 802. The number of piperidine rings is 1. The van der Waals surface area contributed by atoms with Crippen molar-refractivity contribution in [2.24, 2.45) is 0 Å². The van der Waals surface area contributed by atoms with Gasteiger partial charge in [-0.15, -0.1) is 12.4 Å². The van der Waals surface area contributed by atoms with Gasteiger partial charge in [0.1, 0.15) is 0 Å². The van der Waals surface area contributed by atoms with Crippen LogP contribution in [-0.2, 0) is 0 Å². The van der Waals surface area contributed by atoms with Crippen molar-refractivity contribution in [3.05, 3.63) is 52.8 Å². The van der Waals surface area contributed by atoms with Gasteiger partial charge in [0.15, 0.2) is 0 Å². The lowest BCUT2D eigenvalue weighted by Crippen LogP contribution is -2.48. The second kappa shape index (κ2) is 7.45. The van der Waals surface area contributed by atoms with E-state index in [2.05, 4.69) is 53.3 Å². The molecule has 2 atom stereocenters. The summed E-state index contributed by atoms with van der Waals surface area (Å²) in [5, 5.41) is 6.92. The van der Waals surface area contributed by atoms with E-state index in [1.807, 2.05) is 13.0 Å². The number of hydrogen-bond donors (Lipinski definition) is 2. The standard InChI is InChI=1S/C21H27N3O.ClH/c1-13-5-4-6-19(9-13)24-14(2)10-20(15(24)3)21(25)23-18-11-16-7-8-17(12-18)22-16;/h4-6,9-10,16-18,22H,7-8,11-12H2,1-3H3,(H,23,25);1H. The number of nitrogens with zero attached hydrogens (tertiary/aromatic N) is 1. The van der Waals surface area contributed by atoms with Gasteiger partial charge < -0.3 is 15.2 Å². The summed E-state index contributed by atoms with van der Waals surface area (Å²) < 4.78 is 2.17. The van der Waals surface area contributed by atoms with E-state index in [4.69, 9.17) is 0 Å². The molecule has 140 valence electrons. The van der Waals surface area contributed by atoms with Crippen molar-refractivity contribution in [3.63, 3.8) is 0 Å². The first kappa shape index (κ1) is 19.0. The highest BCUT2D eigenvalue weighted by atomic mass is 35.5. The Morgan fingerprint density at radius 2 is 1.81 bits per heavy atom. The number of carbonyl (C=O) groups excluding carboxylic acids is 1. The molecule has 2 unspecified atom stereocenters. The third-order valence-electron chi connectivity index (χ3n) is 5.74. The predicted molar refractivity (Wildman–Crippen MR) is 108 cm³/mol. The first-order valence-electron chi connectivity index (χ1n) is 9.34. The van der Waals surface area contributed by atoms with Crippen molar-refractivity contribution >= 4 is 18.3 Å². The lowest BCUT2D eigenvalue weighted by Gasteiger charge is -2.29. The van der Waals surface area contributed by atoms with Crippen molar-refractivity contribution in [1.29, 1.82) is 0 Å². The summed E-state index contributed by atoms with van der Waals surface area (Å²) in [7, 11) is 0. The lowest BCUT2D eigenvalue weighted by molar-refractivity contribution is 0.0923. The molecule has 3 heterocycles. The van der Waals surface area contributed by atoms with Gasteiger partial charge >= 0.3 is 0 Å². The molecule has 0 radical (unpaired) electrons. The monoisotopic (exact) mass is 373 g/mol. The SMILES string of the molecule is Cc1cccc(-n2c(C)cc(C(=O)NC3CC4CCC(C3)N4)c2C)c1.Cl. The average molecular weight is 374 g/mol. The minimum Gasteiger partial charge on any atom is -0.349 e. The van der Waals surface area contributed by atoms with Crippen molar-refractivity contribution in [2.45, 2.75) is 64.6 Å². The van der Waals surface area contributed by atoms with Crippen LogP contribution < -0.4 is 10.6 Å². The van der Waals surface area contributed by atoms with Gasteiger partial charge in [0, 0.05) is 35.2 Å². The van der Waals surface area contributed by atoms with E-state index >= 15 is 0 Å². The highest BCUT2D eigenvalue weighted by Crippen LogP contribution is 2.27. The Labute approximate surface area is 161 Å². The van der Waals surface area contributed by atoms with Crippen LogP contribution in [0.25, 0.3) is 5.69 Å². The maximum absolute atomic E-state index is 12.9. The molecule has 26 heavy (non-hydrogen) atoms. The smallest absolute Gasteiger partial charge is 0.253 e. The number of rotatable bonds is 3. The van der Waals surface area contributed by atoms with Crippen LogP contribution in [0.1, 0.15) is 53.0 Å². The number of aryl methyl sites for hydroxylation is 2. The molecule has 0 saturated carbocycles. The molecule has 2 aromatic rings. The zero-order valence-electron chi connectivity index (χ0n) is 15.7. The van der Waals surface area contributed by atoms with Crippen LogP contribution in [0.2, 0.25) is 0 Å². The molecule has 1 aromatic carbocycles. The topological polar surface area (TPSA) is 46.1 Å². The van der Waals surface area contributed by atoms with E-state index in [1.165, 1.54) is 18.4 Å². The number of amides is 1. The molecule has 0 aliphatic carbocycles. The minimum absolute atomic E-state index is 0. The van der Waals surface area contributed by atoms with Crippen LogP contribution in [0, 0.1) is 20.8 Å². The van der Waals surface area contributed by atoms with Gasteiger partial charge in [-0.05, 0) is 70.2 Å². The highest BCUT2D eigenvalue weighted by Gasteiger charge is 2.34. The van der Waals surface area contributed by atoms with Crippen LogP contribution in [0.3, 0.4) is 0 Å². The molecule has 2 N–H and O–H groups in total. The average Bonchev–Trinajstić information content (AvgIpc) is 3.06. The normalized spacial score (nSPS) is 24.2. The predicted octanol–water partition coefficient (Wildman–Crippen LogP) is 3.84. The number of halogens is 1. The summed E-state index contributed by atoms with van der Waals surface area (Å²) in [5.41, 5.74) is 5.25. The van der Waals surface area contributed by atoms with Gasteiger partial charge in [-0.1, -0.05) is 12.1 Å². The Morgan fingerprint density at radius 1 is 1.12 bits per heavy atom. The minimum atomic E-state index is 0. The number of aromatic nitrogens is 1. The van der Waals surface area contributed by atoms with Crippen molar-refractivity contribution < 1.29 is 4.79 Å². The van der Waals surface area contributed by atoms with Gasteiger partial charge in [-0.3, -0.25) is 4.79 Å².